The summed E-state index contributed by atoms with van der Waals surface area (Å²) in [6, 6.07) is 7.62. The second kappa shape index (κ2) is 7.05. The zero-order valence-electron chi connectivity index (χ0n) is 13.0. The van der Waals surface area contributed by atoms with Gasteiger partial charge in [-0.25, -0.2) is 0 Å². The van der Waals surface area contributed by atoms with Gasteiger partial charge in [0.15, 0.2) is 0 Å². The quantitative estimate of drug-likeness (QED) is 0.906. The van der Waals surface area contributed by atoms with Crippen LogP contribution in [0.25, 0.3) is 0 Å². The van der Waals surface area contributed by atoms with Crippen molar-refractivity contribution in [2.75, 3.05) is 26.8 Å². The highest BCUT2D eigenvalue weighted by molar-refractivity contribution is 5.95. The highest BCUT2D eigenvalue weighted by Gasteiger charge is 2.34. The van der Waals surface area contributed by atoms with E-state index in [1.54, 1.807) is 7.11 Å². The molecule has 1 heterocycles. The lowest BCUT2D eigenvalue weighted by Gasteiger charge is -2.40. The summed E-state index contributed by atoms with van der Waals surface area (Å²) >= 11 is 0. The summed E-state index contributed by atoms with van der Waals surface area (Å²) in [4.78, 5) is 14.6. The highest BCUT2D eigenvalue weighted by Crippen LogP contribution is 2.34. The molecule has 0 spiro atoms. The topological polar surface area (TPSA) is 49.8 Å². The summed E-state index contributed by atoms with van der Waals surface area (Å²) in [5.74, 6) is 0.0743. The predicted octanol–water partition coefficient (Wildman–Crippen LogP) is 2.46. The van der Waals surface area contributed by atoms with E-state index in [2.05, 4.69) is 6.92 Å². The highest BCUT2D eigenvalue weighted by atomic mass is 16.5. The number of aliphatic hydroxyl groups excluding tert-OH is 1. The number of hydrogen-bond acceptors (Lipinski definition) is 3. The average molecular weight is 291 g/mol. The molecular weight excluding hydrogens is 266 g/mol. The maximum atomic E-state index is 12.7. The first kappa shape index (κ1) is 16.0. The van der Waals surface area contributed by atoms with Crippen LogP contribution in [0.1, 0.15) is 42.1 Å². The van der Waals surface area contributed by atoms with E-state index in [4.69, 9.17) is 4.74 Å². The number of carbonyl (C=O) groups is 1. The van der Waals surface area contributed by atoms with Crippen molar-refractivity contribution in [2.45, 2.75) is 32.8 Å². The van der Waals surface area contributed by atoms with Crippen molar-refractivity contribution >= 4 is 5.91 Å². The summed E-state index contributed by atoms with van der Waals surface area (Å²) < 4.78 is 5.17. The number of methoxy groups -OCH3 is 1. The molecule has 0 bridgehead atoms. The molecule has 1 saturated heterocycles. The van der Waals surface area contributed by atoms with Crippen molar-refractivity contribution in [1.82, 2.24) is 4.90 Å². The van der Waals surface area contributed by atoms with E-state index in [9.17, 15) is 9.90 Å². The molecule has 1 N–H and O–H groups in total. The Bertz CT molecular complexity index is 473. The van der Waals surface area contributed by atoms with E-state index in [-0.39, 0.29) is 17.9 Å². The molecule has 4 nitrogen and oxygen atoms in total. The third kappa shape index (κ3) is 3.44. The van der Waals surface area contributed by atoms with Crippen LogP contribution in [0, 0.1) is 5.41 Å². The molecule has 1 aliphatic heterocycles. The minimum atomic E-state index is 0.00281. The molecule has 0 aromatic heterocycles. The smallest absolute Gasteiger partial charge is 0.254 e. The lowest BCUT2D eigenvalue weighted by atomic mass is 9.77. The molecule has 1 aliphatic rings. The van der Waals surface area contributed by atoms with Gasteiger partial charge in [-0.2, -0.15) is 0 Å². The Balaban J connectivity index is 2.09. The molecular formula is C17H25NO3. The van der Waals surface area contributed by atoms with Gasteiger partial charge in [0, 0.05) is 32.4 Å². The third-order valence-electron chi connectivity index (χ3n) is 4.74. The van der Waals surface area contributed by atoms with Crippen molar-refractivity contribution in [3.63, 3.8) is 0 Å². The molecule has 0 unspecified atom stereocenters. The summed E-state index contributed by atoms with van der Waals surface area (Å²) in [7, 11) is 1.64. The number of hydrogen-bond donors (Lipinski definition) is 1. The first-order valence-electron chi connectivity index (χ1n) is 7.63. The number of rotatable bonds is 5. The maximum absolute atomic E-state index is 12.7. The minimum Gasteiger partial charge on any atom is -0.396 e. The molecule has 0 saturated carbocycles. The molecule has 21 heavy (non-hydrogen) atoms. The first-order valence-corrected chi connectivity index (χ1v) is 7.63. The fraction of sp³-hybridized carbons (Fsp3) is 0.588. The van der Waals surface area contributed by atoms with Crippen LogP contribution >= 0.6 is 0 Å². The Morgan fingerprint density at radius 1 is 1.33 bits per heavy atom. The van der Waals surface area contributed by atoms with Crippen LogP contribution in [0.3, 0.4) is 0 Å². The van der Waals surface area contributed by atoms with Gasteiger partial charge in [0.25, 0.3) is 5.91 Å². The number of likely N-dealkylation sites (tertiary alicyclic amines) is 1. The predicted molar refractivity (Wildman–Crippen MR) is 82.1 cm³/mol. The largest absolute Gasteiger partial charge is 0.396 e. The molecule has 1 fully saturated rings. The standard InChI is InChI=1S/C17H25NO3/c1-3-17(13-19)8-10-18(11-9-17)16(20)15-7-5-4-6-14(15)12-21-2/h4-7,19H,3,8-13H2,1-2H3. The van der Waals surface area contributed by atoms with Crippen LogP contribution in [0.4, 0.5) is 0 Å². The first-order chi connectivity index (χ1) is 10.2. The number of amides is 1. The van der Waals surface area contributed by atoms with E-state index in [1.165, 1.54) is 0 Å². The van der Waals surface area contributed by atoms with Crippen LogP contribution in [-0.4, -0.2) is 42.7 Å². The molecule has 0 atom stereocenters. The Labute approximate surface area is 126 Å². The number of aliphatic hydroxyl groups is 1. The zero-order chi connectivity index (χ0) is 15.3. The van der Waals surface area contributed by atoms with Gasteiger partial charge in [-0.05, 0) is 36.3 Å². The fourth-order valence-corrected chi connectivity index (χ4v) is 2.99. The molecule has 1 aromatic carbocycles. The van der Waals surface area contributed by atoms with Crippen LogP contribution in [0.5, 0.6) is 0 Å². The van der Waals surface area contributed by atoms with Gasteiger partial charge in [0.2, 0.25) is 0 Å². The normalized spacial score (nSPS) is 17.8. The molecule has 4 heteroatoms. The van der Waals surface area contributed by atoms with Crippen molar-refractivity contribution in [2.24, 2.45) is 5.41 Å². The number of piperidine rings is 1. The van der Waals surface area contributed by atoms with Gasteiger partial charge in [-0.1, -0.05) is 25.1 Å². The van der Waals surface area contributed by atoms with Gasteiger partial charge >= 0.3 is 0 Å². The summed E-state index contributed by atoms with van der Waals surface area (Å²) in [6.45, 7) is 4.21. The summed E-state index contributed by atoms with van der Waals surface area (Å²) in [5.41, 5.74) is 1.66. The zero-order valence-corrected chi connectivity index (χ0v) is 13.0. The lowest BCUT2D eigenvalue weighted by molar-refractivity contribution is 0.0336. The molecule has 1 amide bonds. The van der Waals surface area contributed by atoms with Crippen LogP contribution in [-0.2, 0) is 11.3 Å². The summed E-state index contributed by atoms with van der Waals surface area (Å²) in [5, 5.41) is 9.58. The molecule has 0 radical (unpaired) electrons. The van der Waals surface area contributed by atoms with Crippen molar-refractivity contribution < 1.29 is 14.6 Å². The van der Waals surface area contributed by atoms with E-state index < -0.39 is 0 Å². The van der Waals surface area contributed by atoms with E-state index in [1.807, 2.05) is 29.2 Å². The number of nitrogens with zero attached hydrogens (tertiary/aromatic N) is 1. The van der Waals surface area contributed by atoms with E-state index in [0.29, 0.717) is 19.7 Å². The van der Waals surface area contributed by atoms with Crippen molar-refractivity contribution in [3.05, 3.63) is 35.4 Å². The molecule has 2 rings (SSSR count). The molecule has 0 aliphatic carbocycles. The number of ether oxygens (including phenoxy) is 1. The van der Waals surface area contributed by atoms with Gasteiger partial charge in [-0.15, -0.1) is 0 Å². The van der Waals surface area contributed by atoms with Crippen molar-refractivity contribution in [3.8, 4) is 0 Å². The Morgan fingerprint density at radius 2 is 2.00 bits per heavy atom. The Kier molecular flexibility index (Phi) is 5.37. The fourth-order valence-electron chi connectivity index (χ4n) is 2.99. The number of benzene rings is 1. The molecule has 1 aromatic rings. The minimum absolute atomic E-state index is 0.00281. The van der Waals surface area contributed by atoms with Crippen LogP contribution in [0.2, 0.25) is 0 Å². The lowest BCUT2D eigenvalue weighted by Crippen LogP contribution is -2.44. The Morgan fingerprint density at radius 3 is 2.57 bits per heavy atom. The van der Waals surface area contributed by atoms with Gasteiger partial charge < -0.3 is 14.7 Å². The SMILES string of the molecule is CCC1(CO)CCN(C(=O)c2ccccc2COC)CC1. The van der Waals surface area contributed by atoms with Crippen LogP contribution in [0.15, 0.2) is 24.3 Å². The van der Waals surface area contributed by atoms with E-state index >= 15 is 0 Å². The second-order valence-electron chi connectivity index (χ2n) is 5.89. The molecule has 116 valence electrons. The monoisotopic (exact) mass is 291 g/mol. The van der Waals surface area contributed by atoms with Gasteiger partial charge in [0.05, 0.1) is 6.61 Å². The van der Waals surface area contributed by atoms with Gasteiger partial charge in [0.1, 0.15) is 0 Å². The van der Waals surface area contributed by atoms with Crippen LogP contribution < -0.4 is 0 Å². The second-order valence-corrected chi connectivity index (χ2v) is 5.89. The van der Waals surface area contributed by atoms with Gasteiger partial charge in [-0.3, -0.25) is 4.79 Å². The third-order valence-corrected chi connectivity index (χ3v) is 4.74. The Hall–Kier alpha value is -1.39. The number of carbonyl (C=O) groups excluding carboxylic acids is 1. The van der Waals surface area contributed by atoms with E-state index in [0.717, 1.165) is 30.4 Å². The summed E-state index contributed by atoms with van der Waals surface area (Å²) in [6.07, 6.45) is 2.71. The van der Waals surface area contributed by atoms with Crippen molar-refractivity contribution in [1.29, 1.82) is 0 Å². The average Bonchev–Trinajstić information content (AvgIpc) is 2.55. The maximum Gasteiger partial charge on any atom is 0.254 e.